The van der Waals surface area contributed by atoms with Gasteiger partial charge in [0.15, 0.2) is 5.78 Å². The molecule has 0 saturated carbocycles. The van der Waals surface area contributed by atoms with Crippen LogP contribution in [0.3, 0.4) is 0 Å². The fraction of sp³-hybridized carbons (Fsp3) is 0.308. The van der Waals surface area contributed by atoms with Crippen LogP contribution in [0.4, 0.5) is 5.69 Å². The molecule has 5 nitrogen and oxygen atoms in total. The van der Waals surface area contributed by atoms with E-state index in [9.17, 15) is 9.59 Å². The maximum Gasteiger partial charge on any atom is 0.234 e. The van der Waals surface area contributed by atoms with Crippen LogP contribution < -0.4 is 10.2 Å². The van der Waals surface area contributed by atoms with E-state index >= 15 is 0 Å². The second-order valence-electron chi connectivity index (χ2n) is 8.26. The van der Waals surface area contributed by atoms with E-state index in [1.807, 2.05) is 43.3 Å². The summed E-state index contributed by atoms with van der Waals surface area (Å²) in [5.74, 6) is 0.139. The van der Waals surface area contributed by atoms with Gasteiger partial charge in [-0.25, -0.2) is 0 Å². The number of nitrogens with one attached hydrogen (secondary N) is 1. The summed E-state index contributed by atoms with van der Waals surface area (Å²) >= 11 is 0. The zero-order chi connectivity index (χ0) is 21.8. The van der Waals surface area contributed by atoms with E-state index in [0.29, 0.717) is 6.54 Å². The predicted octanol–water partition coefficient (Wildman–Crippen LogP) is 4.04. The summed E-state index contributed by atoms with van der Waals surface area (Å²) in [6, 6.07) is 22.3. The van der Waals surface area contributed by atoms with Gasteiger partial charge in [0.05, 0.1) is 12.6 Å². The first-order chi connectivity index (χ1) is 15.0. The van der Waals surface area contributed by atoms with Crippen LogP contribution in [0.1, 0.15) is 35.8 Å². The second-order valence-corrected chi connectivity index (χ2v) is 8.26. The number of Topliss-reactive ketones (excluding diaryl/α,β-unsaturated/α-hetero) is 1. The molecular formula is C26H29N3O2. The highest BCUT2D eigenvalue weighted by molar-refractivity contribution is 5.94. The molecule has 0 aliphatic carbocycles. The smallest absolute Gasteiger partial charge is 0.234 e. The lowest BCUT2D eigenvalue weighted by Gasteiger charge is -2.36. The van der Waals surface area contributed by atoms with Gasteiger partial charge in [-0.1, -0.05) is 36.4 Å². The number of ketones is 1. The molecule has 3 aromatic rings. The van der Waals surface area contributed by atoms with Crippen molar-refractivity contribution in [2.24, 2.45) is 0 Å². The summed E-state index contributed by atoms with van der Waals surface area (Å²) in [5.41, 5.74) is 2.98. The lowest BCUT2D eigenvalue weighted by Crippen LogP contribution is -2.49. The molecule has 1 heterocycles. The Labute approximate surface area is 183 Å². The van der Waals surface area contributed by atoms with Crippen LogP contribution in [0.15, 0.2) is 66.7 Å². The molecule has 5 heteroatoms. The molecule has 1 atom stereocenters. The standard InChI is InChI=1S/C26H29N3O2/c1-19(23-8-7-22-5-3-4-6-24(22)17-23)27-26(31)18-28-13-15-29(16-14-28)25-11-9-21(10-12-25)20(2)30/h3-12,17,19H,13-16,18H2,1-2H3,(H,27,31). The van der Waals surface area contributed by atoms with Gasteiger partial charge in [-0.05, 0) is 60.5 Å². The van der Waals surface area contributed by atoms with Crippen molar-refractivity contribution in [3.05, 3.63) is 77.9 Å². The molecule has 0 spiro atoms. The number of amides is 1. The minimum atomic E-state index is -0.0295. The summed E-state index contributed by atoms with van der Waals surface area (Å²) in [4.78, 5) is 28.6. The molecule has 0 bridgehead atoms. The number of benzene rings is 3. The Kier molecular flexibility index (Phi) is 6.33. The first kappa shape index (κ1) is 21.1. The van der Waals surface area contributed by atoms with E-state index < -0.39 is 0 Å². The molecule has 1 aliphatic heterocycles. The van der Waals surface area contributed by atoms with Gasteiger partial charge in [0.25, 0.3) is 0 Å². The molecule has 4 rings (SSSR count). The van der Waals surface area contributed by atoms with Crippen LogP contribution in [-0.2, 0) is 4.79 Å². The van der Waals surface area contributed by atoms with Crippen LogP contribution in [0.2, 0.25) is 0 Å². The third-order valence-corrected chi connectivity index (χ3v) is 6.03. The zero-order valence-corrected chi connectivity index (χ0v) is 18.2. The summed E-state index contributed by atoms with van der Waals surface area (Å²) < 4.78 is 0. The monoisotopic (exact) mass is 415 g/mol. The SMILES string of the molecule is CC(=O)c1ccc(N2CCN(CC(=O)NC(C)c3ccc4ccccc4c3)CC2)cc1. The number of rotatable bonds is 6. The van der Waals surface area contributed by atoms with Crippen LogP contribution in [0, 0.1) is 0 Å². The van der Waals surface area contributed by atoms with Gasteiger partial charge in [-0.15, -0.1) is 0 Å². The largest absolute Gasteiger partial charge is 0.369 e. The third kappa shape index (κ3) is 5.12. The normalized spacial score (nSPS) is 15.6. The van der Waals surface area contributed by atoms with Gasteiger partial charge in [-0.3, -0.25) is 14.5 Å². The molecule has 1 saturated heterocycles. The predicted molar refractivity (Wildman–Crippen MR) is 126 cm³/mol. The summed E-state index contributed by atoms with van der Waals surface area (Å²) in [5, 5.41) is 5.54. The molecule has 31 heavy (non-hydrogen) atoms. The summed E-state index contributed by atoms with van der Waals surface area (Å²) in [6.45, 7) is 7.44. The molecule has 1 amide bonds. The first-order valence-corrected chi connectivity index (χ1v) is 10.9. The number of anilines is 1. The van der Waals surface area contributed by atoms with Crippen molar-refractivity contribution in [2.45, 2.75) is 19.9 Å². The molecule has 3 aromatic carbocycles. The maximum atomic E-state index is 12.6. The summed E-state index contributed by atoms with van der Waals surface area (Å²) in [6.07, 6.45) is 0. The molecule has 1 N–H and O–H groups in total. The van der Waals surface area contributed by atoms with Crippen molar-refractivity contribution in [2.75, 3.05) is 37.6 Å². The molecular weight excluding hydrogens is 386 g/mol. The Hall–Kier alpha value is -3.18. The van der Waals surface area contributed by atoms with Gasteiger partial charge in [0.2, 0.25) is 5.91 Å². The molecule has 0 radical (unpaired) electrons. The van der Waals surface area contributed by atoms with Crippen LogP contribution >= 0.6 is 0 Å². The van der Waals surface area contributed by atoms with Gasteiger partial charge < -0.3 is 10.2 Å². The van der Waals surface area contributed by atoms with Gasteiger partial charge in [0.1, 0.15) is 0 Å². The first-order valence-electron chi connectivity index (χ1n) is 10.9. The van der Waals surface area contributed by atoms with Crippen molar-refractivity contribution < 1.29 is 9.59 Å². The fourth-order valence-electron chi connectivity index (χ4n) is 4.12. The van der Waals surface area contributed by atoms with Crippen molar-refractivity contribution in [1.29, 1.82) is 0 Å². The third-order valence-electron chi connectivity index (χ3n) is 6.03. The Morgan fingerprint density at radius 3 is 2.26 bits per heavy atom. The Balaban J connectivity index is 1.28. The van der Waals surface area contributed by atoms with E-state index in [0.717, 1.165) is 43.0 Å². The molecule has 0 aromatic heterocycles. The van der Waals surface area contributed by atoms with Crippen LogP contribution in [0.5, 0.6) is 0 Å². The Bertz CT molecular complexity index is 1070. The molecule has 1 aliphatic rings. The Morgan fingerprint density at radius 1 is 0.903 bits per heavy atom. The maximum absolute atomic E-state index is 12.6. The fourth-order valence-corrected chi connectivity index (χ4v) is 4.12. The van der Waals surface area contributed by atoms with Gasteiger partial charge in [-0.2, -0.15) is 0 Å². The second kappa shape index (κ2) is 9.31. The average Bonchev–Trinajstić information content (AvgIpc) is 2.79. The van der Waals surface area contributed by atoms with E-state index in [1.165, 1.54) is 10.8 Å². The Morgan fingerprint density at radius 2 is 1.58 bits per heavy atom. The highest BCUT2D eigenvalue weighted by atomic mass is 16.2. The number of hydrogen-bond donors (Lipinski definition) is 1. The minimum absolute atomic E-state index is 0.0295. The average molecular weight is 416 g/mol. The lowest BCUT2D eigenvalue weighted by molar-refractivity contribution is -0.123. The topological polar surface area (TPSA) is 52.7 Å². The van der Waals surface area contributed by atoms with E-state index in [4.69, 9.17) is 0 Å². The summed E-state index contributed by atoms with van der Waals surface area (Å²) in [7, 11) is 0. The van der Waals surface area contributed by atoms with Crippen molar-refractivity contribution in [1.82, 2.24) is 10.2 Å². The van der Waals surface area contributed by atoms with E-state index in [-0.39, 0.29) is 17.7 Å². The molecule has 1 unspecified atom stereocenters. The lowest BCUT2D eigenvalue weighted by atomic mass is 10.0. The highest BCUT2D eigenvalue weighted by Crippen LogP contribution is 2.21. The van der Waals surface area contributed by atoms with Crippen LogP contribution in [-0.4, -0.2) is 49.3 Å². The quantitative estimate of drug-likeness (QED) is 0.618. The number of carbonyl (C=O) groups excluding carboxylic acids is 2. The van der Waals surface area contributed by atoms with E-state index in [2.05, 4.69) is 45.4 Å². The molecule has 160 valence electrons. The van der Waals surface area contributed by atoms with E-state index in [1.54, 1.807) is 6.92 Å². The number of fused-ring (bicyclic) bond motifs is 1. The highest BCUT2D eigenvalue weighted by Gasteiger charge is 2.20. The van der Waals surface area contributed by atoms with Crippen molar-refractivity contribution in [3.8, 4) is 0 Å². The minimum Gasteiger partial charge on any atom is -0.369 e. The van der Waals surface area contributed by atoms with Crippen molar-refractivity contribution >= 4 is 28.2 Å². The number of nitrogens with zero attached hydrogens (tertiary/aromatic N) is 2. The number of piperazine rings is 1. The number of carbonyl (C=O) groups is 2. The van der Waals surface area contributed by atoms with Crippen molar-refractivity contribution in [3.63, 3.8) is 0 Å². The van der Waals surface area contributed by atoms with Gasteiger partial charge >= 0.3 is 0 Å². The zero-order valence-electron chi connectivity index (χ0n) is 18.2. The van der Waals surface area contributed by atoms with Gasteiger partial charge in [0, 0.05) is 37.4 Å². The van der Waals surface area contributed by atoms with Crippen LogP contribution in [0.25, 0.3) is 10.8 Å². The molecule has 1 fully saturated rings. The number of hydrogen-bond acceptors (Lipinski definition) is 4.